The van der Waals surface area contributed by atoms with E-state index in [1.807, 2.05) is 6.07 Å². The van der Waals surface area contributed by atoms with Crippen molar-refractivity contribution >= 4 is 11.8 Å². The third-order valence-corrected chi connectivity index (χ3v) is 3.41. The zero-order valence-electron chi connectivity index (χ0n) is 10.5. The quantitative estimate of drug-likeness (QED) is 0.639. The zero-order chi connectivity index (χ0) is 12.6. The highest BCUT2D eigenvalue weighted by atomic mass is 32.2. The summed E-state index contributed by atoms with van der Waals surface area (Å²) in [4.78, 5) is 9.31. The van der Waals surface area contributed by atoms with Crippen LogP contribution in [0, 0.1) is 0 Å². The van der Waals surface area contributed by atoms with Gasteiger partial charge >= 0.3 is 0 Å². The second-order valence-electron chi connectivity index (χ2n) is 3.97. The molecule has 0 atom stereocenters. The average molecular weight is 259 g/mol. The van der Waals surface area contributed by atoms with Gasteiger partial charge in [0.2, 0.25) is 0 Å². The highest BCUT2D eigenvalue weighted by Crippen LogP contribution is 2.25. The molecule has 0 aliphatic carbocycles. The first-order valence-corrected chi connectivity index (χ1v) is 6.93. The summed E-state index contributed by atoms with van der Waals surface area (Å²) < 4.78 is 0. The highest BCUT2D eigenvalue weighted by Gasteiger charge is 1.98. The molecule has 0 fully saturated rings. The van der Waals surface area contributed by atoms with Crippen LogP contribution >= 0.6 is 11.8 Å². The molecule has 1 N–H and O–H groups in total. The summed E-state index contributed by atoms with van der Waals surface area (Å²) in [5.41, 5.74) is 1.32. The first-order valence-electron chi connectivity index (χ1n) is 6.12. The van der Waals surface area contributed by atoms with E-state index >= 15 is 0 Å². The van der Waals surface area contributed by atoms with Crippen molar-refractivity contribution < 1.29 is 0 Å². The second kappa shape index (κ2) is 7.13. The van der Waals surface area contributed by atoms with Crippen LogP contribution in [-0.2, 0) is 6.54 Å². The average Bonchev–Trinajstić information content (AvgIpc) is 2.42. The van der Waals surface area contributed by atoms with Crippen molar-refractivity contribution in [2.45, 2.75) is 29.8 Å². The van der Waals surface area contributed by atoms with E-state index in [-0.39, 0.29) is 0 Å². The molecule has 1 heterocycles. The van der Waals surface area contributed by atoms with Gasteiger partial charge in [-0.05, 0) is 36.7 Å². The lowest BCUT2D eigenvalue weighted by molar-refractivity contribution is 0.675. The number of nitrogens with zero attached hydrogens (tertiary/aromatic N) is 2. The van der Waals surface area contributed by atoms with Gasteiger partial charge in [-0.1, -0.05) is 30.8 Å². The van der Waals surface area contributed by atoms with Gasteiger partial charge in [0, 0.05) is 17.6 Å². The fraction of sp³-hybridized carbons (Fsp3) is 0.286. The van der Waals surface area contributed by atoms with Crippen LogP contribution in [0.3, 0.4) is 0 Å². The van der Waals surface area contributed by atoms with Gasteiger partial charge in [-0.3, -0.25) is 0 Å². The molecular formula is C14H17N3S. The van der Waals surface area contributed by atoms with Crippen LogP contribution in [0.25, 0.3) is 0 Å². The SMILES string of the molecule is CCCNCc1ccc(Sc2ccncn2)cc1. The molecular weight excluding hydrogens is 242 g/mol. The molecule has 0 saturated carbocycles. The summed E-state index contributed by atoms with van der Waals surface area (Å²) in [5.74, 6) is 0. The number of rotatable bonds is 6. The Morgan fingerprint density at radius 2 is 2.00 bits per heavy atom. The minimum atomic E-state index is 0.937. The summed E-state index contributed by atoms with van der Waals surface area (Å²) in [6.07, 6.45) is 4.51. The molecule has 0 spiro atoms. The second-order valence-corrected chi connectivity index (χ2v) is 5.06. The zero-order valence-corrected chi connectivity index (χ0v) is 11.3. The van der Waals surface area contributed by atoms with Crippen LogP contribution in [0.2, 0.25) is 0 Å². The van der Waals surface area contributed by atoms with Crippen LogP contribution in [0.15, 0.2) is 52.8 Å². The molecule has 0 radical (unpaired) electrons. The van der Waals surface area contributed by atoms with E-state index in [9.17, 15) is 0 Å². The lowest BCUT2D eigenvalue weighted by Gasteiger charge is -2.04. The van der Waals surface area contributed by atoms with E-state index < -0.39 is 0 Å². The van der Waals surface area contributed by atoms with Crippen molar-refractivity contribution in [2.24, 2.45) is 0 Å². The third kappa shape index (κ3) is 4.13. The Labute approximate surface area is 112 Å². The molecule has 0 aliphatic heterocycles. The topological polar surface area (TPSA) is 37.8 Å². The molecule has 0 amide bonds. The summed E-state index contributed by atoms with van der Waals surface area (Å²) in [5, 5.41) is 4.37. The van der Waals surface area contributed by atoms with Gasteiger partial charge in [0.15, 0.2) is 0 Å². The largest absolute Gasteiger partial charge is 0.313 e. The van der Waals surface area contributed by atoms with Gasteiger partial charge in [0.25, 0.3) is 0 Å². The van der Waals surface area contributed by atoms with Crippen LogP contribution in [0.5, 0.6) is 0 Å². The summed E-state index contributed by atoms with van der Waals surface area (Å²) in [6.45, 7) is 4.18. The van der Waals surface area contributed by atoms with Gasteiger partial charge in [0.1, 0.15) is 11.4 Å². The van der Waals surface area contributed by atoms with Crippen molar-refractivity contribution in [3.05, 3.63) is 48.4 Å². The smallest absolute Gasteiger partial charge is 0.116 e. The fourth-order valence-electron chi connectivity index (χ4n) is 1.54. The van der Waals surface area contributed by atoms with E-state index in [1.54, 1.807) is 24.3 Å². The maximum Gasteiger partial charge on any atom is 0.116 e. The van der Waals surface area contributed by atoms with Crippen molar-refractivity contribution in [3.63, 3.8) is 0 Å². The molecule has 2 aromatic rings. The summed E-state index contributed by atoms with van der Waals surface area (Å²) in [6, 6.07) is 10.5. The Morgan fingerprint density at radius 1 is 1.17 bits per heavy atom. The number of aromatic nitrogens is 2. The van der Waals surface area contributed by atoms with Gasteiger partial charge in [-0.25, -0.2) is 9.97 Å². The molecule has 0 unspecified atom stereocenters. The Morgan fingerprint density at radius 3 is 2.67 bits per heavy atom. The van der Waals surface area contributed by atoms with Crippen molar-refractivity contribution in [3.8, 4) is 0 Å². The minimum absolute atomic E-state index is 0.937. The van der Waals surface area contributed by atoms with Crippen molar-refractivity contribution in [2.75, 3.05) is 6.54 Å². The molecule has 1 aromatic carbocycles. The van der Waals surface area contributed by atoms with Gasteiger partial charge < -0.3 is 5.32 Å². The number of nitrogens with one attached hydrogen (secondary N) is 1. The van der Waals surface area contributed by atoms with E-state index in [1.165, 1.54) is 16.9 Å². The Bertz CT molecular complexity index is 456. The van der Waals surface area contributed by atoms with E-state index in [2.05, 4.69) is 46.5 Å². The first kappa shape index (κ1) is 13.1. The first-order chi connectivity index (χ1) is 8.88. The Balaban J connectivity index is 1.91. The predicted molar refractivity (Wildman–Crippen MR) is 74.6 cm³/mol. The van der Waals surface area contributed by atoms with Crippen LogP contribution in [0.1, 0.15) is 18.9 Å². The standard InChI is InChI=1S/C14H17N3S/c1-2-8-15-10-12-3-5-13(6-4-12)18-14-7-9-16-11-17-14/h3-7,9,11,15H,2,8,10H2,1H3. The predicted octanol–water partition coefficient (Wildman–Crippen LogP) is 3.13. The van der Waals surface area contributed by atoms with E-state index in [0.717, 1.165) is 18.1 Å². The Hall–Kier alpha value is -1.39. The van der Waals surface area contributed by atoms with Crippen molar-refractivity contribution in [1.29, 1.82) is 0 Å². The molecule has 1 aromatic heterocycles. The molecule has 0 aliphatic rings. The van der Waals surface area contributed by atoms with Crippen molar-refractivity contribution in [1.82, 2.24) is 15.3 Å². The fourth-order valence-corrected chi connectivity index (χ4v) is 2.29. The molecule has 3 nitrogen and oxygen atoms in total. The van der Waals surface area contributed by atoms with E-state index in [4.69, 9.17) is 0 Å². The lowest BCUT2D eigenvalue weighted by Crippen LogP contribution is -2.13. The maximum absolute atomic E-state index is 4.20. The molecule has 0 saturated heterocycles. The molecule has 18 heavy (non-hydrogen) atoms. The Kier molecular flexibility index (Phi) is 5.17. The monoisotopic (exact) mass is 259 g/mol. The number of hydrogen-bond acceptors (Lipinski definition) is 4. The van der Waals surface area contributed by atoms with Gasteiger partial charge in [-0.15, -0.1) is 0 Å². The van der Waals surface area contributed by atoms with Gasteiger partial charge in [0.05, 0.1) is 0 Å². The molecule has 2 rings (SSSR count). The highest BCUT2D eigenvalue weighted by molar-refractivity contribution is 7.99. The third-order valence-electron chi connectivity index (χ3n) is 2.46. The summed E-state index contributed by atoms with van der Waals surface area (Å²) in [7, 11) is 0. The van der Waals surface area contributed by atoms with Crippen LogP contribution in [0.4, 0.5) is 0 Å². The number of benzene rings is 1. The molecule has 0 bridgehead atoms. The van der Waals surface area contributed by atoms with Crippen LogP contribution in [-0.4, -0.2) is 16.5 Å². The summed E-state index contributed by atoms with van der Waals surface area (Å²) >= 11 is 1.65. The normalized spacial score (nSPS) is 10.5. The molecule has 94 valence electrons. The minimum Gasteiger partial charge on any atom is -0.313 e. The van der Waals surface area contributed by atoms with Crippen LogP contribution < -0.4 is 5.32 Å². The van der Waals surface area contributed by atoms with Gasteiger partial charge in [-0.2, -0.15) is 0 Å². The maximum atomic E-state index is 4.20. The number of hydrogen-bond donors (Lipinski definition) is 1. The van der Waals surface area contributed by atoms with E-state index in [0.29, 0.717) is 0 Å². The lowest BCUT2D eigenvalue weighted by atomic mass is 10.2. The molecule has 4 heteroatoms.